The fraction of sp³-hybridized carbons (Fsp3) is 0.192. The lowest BCUT2D eigenvalue weighted by atomic mass is 10.0. The largest absolute Gasteiger partial charge is 0.478 e. The number of hydrogen-bond acceptors (Lipinski definition) is 4. The first-order chi connectivity index (χ1) is 16.0. The van der Waals surface area contributed by atoms with E-state index in [1.807, 2.05) is 60.7 Å². The third-order valence-electron chi connectivity index (χ3n) is 5.25. The van der Waals surface area contributed by atoms with Crippen molar-refractivity contribution in [2.45, 2.75) is 26.2 Å². The second kappa shape index (κ2) is 10.9. The molecule has 1 aliphatic rings. The first kappa shape index (κ1) is 23.5. The summed E-state index contributed by atoms with van der Waals surface area (Å²) in [5.41, 5.74) is 7.23. The molecule has 3 aromatic carbocycles. The van der Waals surface area contributed by atoms with E-state index in [-0.39, 0.29) is 17.4 Å². The maximum atomic E-state index is 12.9. The Kier molecular flexibility index (Phi) is 7.81. The number of benzene rings is 3. The highest BCUT2D eigenvalue weighted by Gasteiger charge is 2.46. The Morgan fingerprint density at radius 3 is 1.67 bits per heavy atom. The number of nitrogens with two attached hydrogens (primary N) is 1. The second-order valence-electron chi connectivity index (χ2n) is 7.56. The summed E-state index contributed by atoms with van der Waals surface area (Å²) in [4.78, 5) is 36.1. The van der Waals surface area contributed by atoms with Gasteiger partial charge in [-0.05, 0) is 42.8 Å². The van der Waals surface area contributed by atoms with Gasteiger partial charge in [0.25, 0.3) is 11.8 Å². The van der Waals surface area contributed by atoms with Gasteiger partial charge in [-0.25, -0.2) is 14.8 Å². The van der Waals surface area contributed by atoms with E-state index in [0.29, 0.717) is 23.5 Å². The Morgan fingerprint density at radius 2 is 1.27 bits per heavy atom. The van der Waals surface area contributed by atoms with Crippen LogP contribution in [0.15, 0.2) is 84.9 Å². The average molecular weight is 446 g/mol. The molecule has 0 saturated carbocycles. The zero-order valence-electron chi connectivity index (χ0n) is 18.4. The van der Waals surface area contributed by atoms with E-state index >= 15 is 0 Å². The Balaban J connectivity index is 0.000000257. The van der Waals surface area contributed by atoms with Crippen molar-refractivity contribution in [3.8, 4) is 0 Å². The average Bonchev–Trinajstić information content (AvgIpc) is 3.08. The van der Waals surface area contributed by atoms with Crippen LogP contribution >= 0.6 is 0 Å². The molecule has 0 aromatic heterocycles. The van der Waals surface area contributed by atoms with E-state index in [2.05, 4.69) is 6.92 Å². The maximum Gasteiger partial charge on any atom is 0.337 e. The van der Waals surface area contributed by atoms with Crippen LogP contribution in [-0.2, 0) is 9.59 Å². The number of hydrogen-bond donors (Lipinski definition) is 2. The van der Waals surface area contributed by atoms with Crippen molar-refractivity contribution >= 4 is 34.8 Å². The summed E-state index contributed by atoms with van der Waals surface area (Å²) in [5.74, 6) is -1.86. The number of amides is 2. The molecule has 4 rings (SSSR count). The van der Waals surface area contributed by atoms with Gasteiger partial charge in [-0.1, -0.05) is 68.3 Å². The van der Waals surface area contributed by atoms with Gasteiger partial charge in [-0.15, -0.1) is 0 Å². The summed E-state index contributed by atoms with van der Waals surface area (Å²) in [5, 5.41) is 11.5. The fourth-order valence-corrected chi connectivity index (χ4v) is 3.57. The molecule has 0 radical (unpaired) electrons. The van der Waals surface area contributed by atoms with Crippen molar-refractivity contribution in [1.29, 1.82) is 0 Å². The second-order valence-corrected chi connectivity index (χ2v) is 7.56. The topological polar surface area (TPSA) is 104 Å². The van der Waals surface area contributed by atoms with Crippen LogP contribution in [0.3, 0.4) is 0 Å². The van der Waals surface area contributed by atoms with Crippen molar-refractivity contribution in [3.63, 3.8) is 0 Å². The van der Waals surface area contributed by atoms with E-state index < -0.39 is 11.9 Å². The summed E-state index contributed by atoms with van der Waals surface area (Å²) in [6, 6.07) is 25.0. The van der Waals surface area contributed by atoms with Crippen LogP contribution in [-0.4, -0.2) is 22.9 Å². The summed E-state index contributed by atoms with van der Waals surface area (Å²) < 4.78 is 0. The number of aromatic carboxylic acids is 1. The van der Waals surface area contributed by atoms with Crippen LogP contribution in [0, 0.1) is 5.92 Å². The molecule has 3 N–H and O–H groups in total. The molecule has 1 saturated heterocycles. The van der Waals surface area contributed by atoms with Crippen LogP contribution in [0.1, 0.15) is 36.5 Å². The van der Waals surface area contributed by atoms with Gasteiger partial charge in [0, 0.05) is 5.69 Å². The lowest BCUT2D eigenvalue weighted by Gasteiger charge is -2.27. The first-order valence-corrected chi connectivity index (χ1v) is 10.8. The minimum Gasteiger partial charge on any atom is -0.478 e. The minimum atomic E-state index is -0.988. The number of unbranched alkanes of at least 4 members (excludes halogenated alkanes) is 1. The number of carboxylic acids is 1. The molecule has 0 aliphatic carbocycles. The van der Waals surface area contributed by atoms with E-state index in [1.165, 1.54) is 16.1 Å². The van der Waals surface area contributed by atoms with Crippen molar-refractivity contribution in [1.82, 2.24) is 0 Å². The molecule has 2 amide bonds. The van der Waals surface area contributed by atoms with Crippen molar-refractivity contribution in [2.75, 3.05) is 15.8 Å². The SMILES string of the molecule is CCCCC1C(=O)N(c2ccccc2)N(c2ccccc2)C1=O.Nc1ccccc1C(=O)O. The molecule has 3 aromatic rings. The monoisotopic (exact) mass is 445 g/mol. The molecule has 0 unspecified atom stereocenters. The molecule has 0 spiro atoms. The van der Waals surface area contributed by atoms with Crippen LogP contribution in [0.2, 0.25) is 0 Å². The lowest BCUT2D eigenvalue weighted by Crippen LogP contribution is -2.41. The molecule has 7 heteroatoms. The number of nitrogen functional groups attached to an aromatic ring is 1. The predicted octanol–water partition coefficient (Wildman–Crippen LogP) is 4.75. The van der Waals surface area contributed by atoms with E-state index in [9.17, 15) is 14.4 Å². The minimum absolute atomic E-state index is 0.140. The molecule has 33 heavy (non-hydrogen) atoms. The van der Waals surface area contributed by atoms with Crippen molar-refractivity contribution in [2.24, 2.45) is 5.92 Å². The van der Waals surface area contributed by atoms with Crippen molar-refractivity contribution in [3.05, 3.63) is 90.5 Å². The van der Waals surface area contributed by atoms with E-state index in [4.69, 9.17) is 10.8 Å². The zero-order valence-corrected chi connectivity index (χ0v) is 18.4. The van der Waals surface area contributed by atoms with Gasteiger partial charge in [-0.3, -0.25) is 9.59 Å². The first-order valence-electron chi connectivity index (χ1n) is 10.8. The van der Waals surface area contributed by atoms with Crippen LogP contribution in [0.5, 0.6) is 0 Å². The van der Waals surface area contributed by atoms with Gasteiger partial charge in [0.1, 0.15) is 5.92 Å². The standard InChI is InChI=1S/C19H20N2O2.C7H7NO2/c1-2-3-14-17-18(22)20(15-10-6-4-7-11-15)21(19(17)23)16-12-8-5-9-13-16;8-6-4-2-1-3-5(6)7(9)10/h4-13,17H,2-3,14H2,1H3;1-4H,8H2,(H,9,10). The smallest absolute Gasteiger partial charge is 0.337 e. The number of anilines is 3. The number of carbonyl (C=O) groups excluding carboxylic acids is 2. The van der Waals surface area contributed by atoms with Crippen LogP contribution in [0.25, 0.3) is 0 Å². The molecule has 170 valence electrons. The maximum absolute atomic E-state index is 12.9. The molecular formula is C26H27N3O4. The summed E-state index contributed by atoms with van der Waals surface area (Å²) in [6.45, 7) is 2.06. The molecule has 1 aliphatic heterocycles. The van der Waals surface area contributed by atoms with Gasteiger partial charge in [0.05, 0.1) is 16.9 Å². The molecule has 7 nitrogen and oxygen atoms in total. The zero-order chi connectivity index (χ0) is 23.8. The highest BCUT2D eigenvalue weighted by molar-refractivity contribution is 6.23. The van der Waals surface area contributed by atoms with Gasteiger partial charge in [0.15, 0.2) is 0 Å². The Bertz CT molecular complexity index is 1050. The summed E-state index contributed by atoms with van der Waals surface area (Å²) in [7, 11) is 0. The van der Waals surface area contributed by atoms with Gasteiger partial charge >= 0.3 is 5.97 Å². The Hall–Kier alpha value is -4.13. The van der Waals surface area contributed by atoms with Crippen LogP contribution < -0.4 is 15.8 Å². The number of carbonyl (C=O) groups is 3. The predicted molar refractivity (Wildman–Crippen MR) is 129 cm³/mol. The number of hydrazine groups is 1. The number of carboxylic acid groups (broad SMARTS) is 1. The Morgan fingerprint density at radius 1 is 0.818 bits per heavy atom. The third-order valence-corrected chi connectivity index (χ3v) is 5.25. The van der Waals surface area contributed by atoms with Gasteiger partial charge in [0.2, 0.25) is 0 Å². The highest BCUT2D eigenvalue weighted by atomic mass is 16.4. The Labute approximate surface area is 193 Å². The van der Waals surface area contributed by atoms with E-state index in [1.54, 1.807) is 18.2 Å². The van der Waals surface area contributed by atoms with Crippen LogP contribution in [0.4, 0.5) is 17.1 Å². The fourth-order valence-electron chi connectivity index (χ4n) is 3.57. The number of para-hydroxylation sites is 3. The molecular weight excluding hydrogens is 418 g/mol. The third kappa shape index (κ3) is 5.38. The van der Waals surface area contributed by atoms with E-state index in [0.717, 1.165) is 12.8 Å². The van der Waals surface area contributed by atoms with Crippen molar-refractivity contribution < 1.29 is 19.5 Å². The molecule has 1 heterocycles. The lowest BCUT2D eigenvalue weighted by molar-refractivity contribution is -0.127. The summed E-state index contributed by atoms with van der Waals surface area (Å²) >= 11 is 0. The van der Waals surface area contributed by atoms with Gasteiger partial charge in [-0.2, -0.15) is 0 Å². The highest BCUT2D eigenvalue weighted by Crippen LogP contribution is 2.33. The number of nitrogens with zero attached hydrogens (tertiary/aromatic N) is 2. The quantitative estimate of drug-likeness (QED) is 0.421. The van der Waals surface area contributed by atoms with Gasteiger partial charge < -0.3 is 10.8 Å². The normalized spacial score (nSPS) is 13.6. The molecule has 0 atom stereocenters. The molecule has 0 bridgehead atoms. The number of rotatable bonds is 6. The molecule has 1 fully saturated rings. The summed E-state index contributed by atoms with van der Waals surface area (Å²) in [6.07, 6.45) is 2.43.